The van der Waals surface area contributed by atoms with Gasteiger partial charge in [0, 0.05) is 5.39 Å². The number of aromatic nitrogens is 4. The lowest BCUT2D eigenvalue weighted by molar-refractivity contribution is -0.386. The Labute approximate surface area is 110 Å². The molecular weight excluding hydrogens is 290 g/mol. The van der Waals surface area contributed by atoms with Gasteiger partial charge in [0.1, 0.15) is 15.0 Å². The first-order chi connectivity index (χ1) is 9.41. The summed E-state index contributed by atoms with van der Waals surface area (Å²) in [7, 11) is -5.07. The molecule has 0 amide bonds. The highest BCUT2D eigenvalue weighted by Gasteiger charge is 2.29. The average Bonchev–Trinajstić information content (AvgIpc) is 2.84. The van der Waals surface area contributed by atoms with Gasteiger partial charge in [-0.1, -0.05) is 18.2 Å². The first-order valence-corrected chi connectivity index (χ1v) is 6.55. The summed E-state index contributed by atoms with van der Waals surface area (Å²) >= 11 is 0. The molecule has 0 bridgehead atoms. The number of benzene rings is 1. The largest absolute Gasteiger partial charge is 0.744 e. The Bertz CT molecular complexity index is 963. The van der Waals surface area contributed by atoms with Crippen molar-refractivity contribution in [2.24, 2.45) is 0 Å². The zero-order valence-corrected chi connectivity index (χ0v) is 10.3. The number of tetrazole rings is 1. The SMILES string of the molecule is O=[N+]([O-])c1c(S(=O)(=O)[O-])c2ccccc2n2nnnc12. The van der Waals surface area contributed by atoms with Gasteiger partial charge in [-0.05, 0) is 16.5 Å². The Morgan fingerprint density at radius 3 is 2.60 bits per heavy atom. The highest BCUT2D eigenvalue weighted by Crippen LogP contribution is 2.34. The minimum Gasteiger partial charge on any atom is -0.744 e. The minimum absolute atomic E-state index is 0.103. The summed E-state index contributed by atoms with van der Waals surface area (Å²) in [4.78, 5) is 9.20. The molecule has 0 aliphatic rings. The van der Waals surface area contributed by atoms with E-state index in [2.05, 4.69) is 15.5 Å². The molecule has 102 valence electrons. The van der Waals surface area contributed by atoms with Crippen LogP contribution < -0.4 is 0 Å². The fraction of sp³-hybridized carbons (Fsp3) is 0. The van der Waals surface area contributed by atoms with Crippen LogP contribution in [0.4, 0.5) is 5.69 Å². The summed E-state index contributed by atoms with van der Waals surface area (Å²) < 4.78 is 35.2. The normalized spacial score (nSPS) is 12.1. The molecule has 0 aliphatic heterocycles. The monoisotopic (exact) mass is 294 g/mol. The van der Waals surface area contributed by atoms with Gasteiger partial charge in [0.05, 0.1) is 10.4 Å². The topological polar surface area (TPSA) is 143 Å². The van der Waals surface area contributed by atoms with Gasteiger partial charge >= 0.3 is 5.69 Å². The fourth-order valence-electron chi connectivity index (χ4n) is 1.99. The molecular formula is C9H4N5O5S-. The smallest absolute Gasteiger partial charge is 0.333 e. The molecule has 0 aliphatic carbocycles. The van der Waals surface area contributed by atoms with Gasteiger partial charge in [-0.25, -0.2) is 8.42 Å². The van der Waals surface area contributed by atoms with Crippen LogP contribution in [0, 0.1) is 10.1 Å². The van der Waals surface area contributed by atoms with Gasteiger partial charge in [-0.15, -0.1) is 5.10 Å². The molecule has 3 aromatic rings. The number of rotatable bonds is 2. The number of hydrogen-bond acceptors (Lipinski definition) is 8. The maximum atomic E-state index is 11.4. The highest BCUT2D eigenvalue weighted by molar-refractivity contribution is 7.86. The van der Waals surface area contributed by atoms with Crippen molar-refractivity contribution < 1.29 is 17.9 Å². The molecule has 3 rings (SSSR count). The number of nitrogens with zero attached hydrogens (tertiary/aromatic N) is 5. The van der Waals surface area contributed by atoms with Crippen molar-refractivity contribution >= 4 is 32.4 Å². The first-order valence-electron chi connectivity index (χ1n) is 5.14. The van der Waals surface area contributed by atoms with Crippen LogP contribution in [0.1, 0.15) is 0 Å². The van der Waals surface area contributed by atoms with E-state index in [1.165, 1.54) is 18.2 Å². The van der Waals surface area contributed by atoms with Crippen molar-refractivity contribution in [3.63, 3.8) is 0 Å². The van der Waals surface area contributed by atoms with Crippen LogP contribution in [-0.4, -0.2) is 37.9 Å². The molecule has 0 atom stereocenters. The number of pyridine rings is 1. The van der Waals surface area contributed by atoms with E-state index in [4.69, 9.17) is 0 Å². The molecule has 0 N–H and O–H groups in total. The van der Waals surface area contributed by atoms with Crippen LogP contribution in [0.25, 0.3) is 16.6 Å². The van der Waals surface area contributed by atoms with Crippen LogP contribution >= 0.6 is 0 Å². The molecule has 0 saturated heterocycles. The van der Waals surface area contributed by atoms with E-state index >= 15 is 0 Å². The van der Waals surface area contributed by atoms with E-state index in [0.717, 1.165) is 4.52 Å². The van der Waals surface area contributed by atoms with Crippen molar-refractivity contribution in [1.82, 2.24) is 20.0 Å². The second kappa shape index (κ2) is 3.91. The molecule has 0 spiro atoms. The molecule has 0 unspecified atom stereocenters. The number of fused-ring (bicyclic) bond motifs is 3. The van der Waals surface area contributed by atoms with Gasteiger partial charge in [-0.3, -0.25) is 10.1 Å². The van der Waals surface area contributed by atoms with Gasteiger partial charge in [0.25, 0.3) is 5.65 Å². The standard InChI is InChI=1S/C9H5N5O5S/c15-14(16)7-8(20(17,18)19)5-3-1-2-4-6(5)13-9(7)10-11-12-13/h1-4H,(H,17,18,19)/p-1. The number of nitro groups is 1. The second-order valence-corrected chi connectivity index (χ2v) is 5.14. The van der Waals surface area contributed by atoms with Crippen molar-refractivity contribution in [3.05, 3.63) is 34.4 Å². The molecule has 1 aromatic carbocycles. The summed E-state index contributed by atoms with van der Waals surface area (Å²) in [5.74, 6) is 0. The third-order valence-corrected chi connectivity index (χ3v) is 3.62. The molecule has 0 saturated carbocycles. The van der Waals surface area contributed by atoms with Crippen LogP contribution in [0.2, 0.25) is 0 Å². The Kier molecular flexibility index (Phi) is 2.42. The van der Waals surface area contributed by atoms with E-state index < -0.39 is 31.3 Å². The summed E-state index contributed by atoms with van der Waals surface area (Å²) in [6, 6.07) is 5.76. The highest BCUT2D eigenvalue weighted by atomic mass is 32.2. The summed E-state index contributed by atoms with van der Waals surface area (Å²) in [6.07, 6.45) is 0. The third-order valence-electron chi connectivity index (χ3n) is 2.71. The quantitative estimate of drug-likeness (QED) is 0.367. The van der Waals surface area contributed by atoms with E-state index in [1.807, 2.05) is 0 Å². The van der Waals surface area contributed by atoms with Gasteiger partial charge in [0.2, 0.25) is 0 Å². The fourth-order valence-corrected chi connectivity index (χ4v) is 2.84. The van der Waals surface area contributed by atoms with Gasteiger partial charge in [0.15, 0.2) is 0 Å². The average molecular weight is 294 g/mol. The number of para-hydroxylation sites is 1. The summed E-state index contributed by atoms with van der Waals surface area (Å²) in [6.45, 7) is 0. The summed E-state index contributed by atoms with van der Waals surface area (Å²) in [5, 5.41) is 21.3. The van der Waals surface area contributed by atoms with Crippen molar-refractivity contribution in [2.45, 2.75) is 4.90 Å². The molecule has 0 fully saturated rings. The van der Waals surface area contributed by atoms with Gasteiger partial charge in [-0.2, -0.15) is 4.52 Å². The van der Waals surface area contributed by atoms with Crippen molar-refractivity contribution in [2.75, 3.05) is 0 Å². The van der Waals surface area contributed by atoms with Crippen LogP contribution in [0.5, 0.6) is 0 Å². The van der Waals surface area contributed by atoms with Crippen molar-refractivity contribution in [3.8, 4) is 0 Å². The lowest BCUT2D eigenvalue weighted by Crippen LogP contribution is -2.08. The molecule has 2 heterocycles. The maximum absolute atomic E-state index is 11.4. The second-order valence-electron chi connectivity index (χ2n) is 3.82. The van der Waals surface area contributed by atoms with E-state index in [0.29, 0.717) is 0 Å². The lowest BCUT2D eigenvalue weighted by atomic mass is 10.2. The van der Waals surface area contributed by atoms with Crippen LogP contribution in [0.3, 0.4) is 0 Å². The third kappa shape index (κ3) is 1.60. The van der Waals surface area contributed by atoms with Gasteiger partial charge < -0.3 is 4.55 Å². The minimum atomic E-state index is -5.07. The van der Waals surface area contributed by atoms with E-state index in [1.54, 1.807) is 6.07 Å². The Balaban J connectivity index is 2.74. The molecule has 10 nitrogen and oxygen atoms in total. The molecule has 11 heteroatoms. The summed E-state index contributed by atoms with van der Waals surface area (Å²) in [5.41, 5.74) is -1.14. The Morgan fingerprint density at radius 1 is 1.25 bits per heavy atom. The van der Waals surface area contributed by atoms with E-state index in [-0.39, 0.29) is 10.9 Å². The lowest BCUT2D eigenvalue weighted by Gasteiger charge is -2.11. The Hall–Kier alpha value is -2.66. The van der Waals surface area contributed by atoms with E-state index in [9.17, 15) is 23.1 Å². The molecule has 20 heavy (non-hydrogen) atoms. The predicted octanol–water partition coefficient (Wildman–Crippen LogP) is 0.0898. The van der Waals surface area contributed by atoms with Crippen LogP contribution in [-0.2, 0) is 10.1 Å². The number of hydrogen-bond donors (Lipinski definition) is 0. The maximum Gasteiger partial charge on any atom is 0.333 e. The molecule has 2 aromatic heterocycles. The molecule has 0 radical (unpaired) electrons. The zero-order chi connectivity index (χ0) is 14.5. The predicted molar refractivity (Wildman–Crippen MR) is 62.9 cm³/mol. The van der Waals surface area contributed by atoms with Crippen molar-refractivity contribution in [1.29, 1.82) is 0 Å². The first kappa shape index (κ1) is 12.4. The zero-order valence-electron chi connectivity index (χ0n) is 9.49. The Morgan fingerprint density at radius 2 is 1.95 bits per heavy atom. The van der Waals surface area contributed by atoms with Crippen LogP contribution in [0.15, 0.2) is 29.2 Å².